The number of carbonyl (C=O) groups is 2. The van der Waals surface area contributed by atoms with E-state index in [2.05, 4.69) is 39.2 Å². The number of carbonyl (C=O) groups excluding carboxylic acids is 2. The van der Waals surface area contributed by atoms with Crippen molar-refractivity contribution in [1.82, 2.24) is 10.2 Å². The fourth-order valence-corrected chi connectivity index (χ4v) is 2.83. The summed E-state index contributed by atoms with van der Waals surface area (Å²) in [6.45, 7) is 18.4. The van der Waals surface area contributed by atoms with Crippen LogP contribution >= 0.6 is 0 Å². The third-order valence-corrected chi connectivity index (χ3v) is 8.98. The lowest BCUT2D eigenvalue weighted by atomic mass is 10.1. The van der Waals surface area contributed by atoms with Gasteiger partial charge in [0.25, 0.3) is 0 Å². The van der Waals surface area contributed by atoms with E-state index in [9.17, 15) is 9.59 Å². The predicted octanol–water partition coefficient (Wildman–Crippen LogP) is 3.40. The molecule has 0 aromatic rings. The Bertz CT molecular complexity index is 509. The van der Waals surface area contributed by atoms with E-state index in [1.54, 1.807) is 14.1 Å². The van der Waals surface area contributed by atoms with E-state index in [1.165, 1.54) is 4.90 Å². The van der Waals surface area contributed by atoms with Crippen LogP contribution in [0.5, 0.6) is 0 Å². The SMILES string of the molecule is CN(C)C(=O)COCC(C)(CO[Si](C)(C)C(C)(C)C)NC(=O)OC(C)(C)C. The molecule has 0 spiro atoms. The molecule has 0 bridgehead atoms. The maximum atomic E-state index is 12.3. The van der Waals surface area contributed by atoms with Gasteiger partial charge in [0.1, 0.15) is 12.2 Å². The fraction of sp³-hybridized carbons (Fsp3) is 0.895. The molecular formula is C19H40N2O5Si. The minimum absolute atomic E-state index is 0.0432. The monoisotopic (exact) mass is 404 g/mol. The Morgan fingerprint density at radius 2 is 1.48 bits per heavy atom. The number of rotatable bonds is 8. The Morgan fingerprint density at radius 1 is 0.963 bits per heavy atom. The van der Waals surface area contributed by atoms with Crippen molar-refractivity contribution in [1.29, 1.82) is 0 Å². The van der Waals surface area contributed by atoms with Gasteiger partial charge in [-0.3, -0.25) is 4.79 Å². The average molecular weight is 405 g/mol. The van der Waals surface area contributed by atoms with Gasteiger partial charge in [0.2, 0.25) is 5.91 Å². The predicted molar refractivity (Wildman–Crippen MR) is 110 cm³/mol. The van der Waals surface area contributed by atoms with Gasteiger partial charge in [-0.2, -0.15) is 0 Å². The molecule has 0 aliphatic carbocycles. The molecule has 0 rings (SSSR count). The number of ether oxygens (including phenoxy) is 2. The number of nitrogens with one attached hydrogen (secondary N) is 1. The molecule has 0 radical (unpaired) electrons. The van der Waals surface area contributed by atoms with Crippen LogP contribution in [0.15, 0.2) is 0 Å². The summed E-state index contributed by atoms with van der Waals surface area (Å²) in [7, 11) is 1.33. The molecule has 0 aliphatic heterocycles. The lowest BCUT2D eigenvalue weighted by Crippen LogP contribution is -2.56. The van der Waals surface area contributed by atoms with E-state index in [4.69, 9.17) is 13.9 Å². The maximum Gasteiger partial charge on any atom is 0.408 e. The second-order valence-corrected chi connectivity index (χ2v) is 14.8. The molecule has 8 heteroatoms. The van der Waals surface area contributed by atoms with Crippen molar-refractivity contribution in [2.75, 3.05) is 33.9 Å². The third-order valence-electron chi connectivity index (χ3n) is 4.51. The molecular weight excluding hydrogens is 364 g/mol. The molecule has 1 atom stereocenters. The first-order valence-corrected chi connectivity index (χ1v) is 12.2. The summed E-state index contributed by atoms with van der Waals surface area (Å²) >= 11 is 0. The Hall–Kier alpha value is -1.12. The highest BCUT2D eigenvalue weighted by molar-refractivity contribution is 6.74. The van der Waals surface area contributed by atoms with Crippen LogP contribution < -0.4 is 5.32 Å². The van der Waals surface area contributed by atoms with E-state index < -0.39 is 25.6 Å². The van der Waals surface area contributed by atoms with Crippen molar-refractivity contribution in [3.63, 3.8) is 0 Å². The summed E-state index contributed by atoms with van der Waals surface area (Å²) in [5, 5.41) is 2.91. The minimum atomic E-state index is -2.01. The van der Waals surface area contributed by atoms with Gasteiger partial charge in [-0.1, -0.05) is 20.8 Å². The maximum absolute atomic E-state index is 12.3. The van der Waals surface area contributed by atoms with Crippen LogP contribution in [-0.2, 0) is 18.7 Å². The van der Waals surface area contributed by atoms with E-state index >= 15 is 0 Å². The molecule has 1 unspecified atom stereocenters. The van der Waals surface area contributed by atoms with Crippen molar-refractivity contribution in [3.05, 3.63) is 0 Å². The van der Waals surface area contributed by atoms with Crippen LogP contribution in [0.3, 0.4) is 0 Å². The molecule has 0 aromatic heterocycles. The number of hydrogen-bond acceptors (Lipinski definition) is 5. The second kappa shape index (κ2) is 9.38. The zero-order valence-electron chi connectivity index (χ0n) is 19.1. The Kier molecular flexibility index (Phi) is 8.99. The lowest BCUT2D eigenvalue weighted by molar-refractivity contribution is -0.134. The summed E-state index contributed by atoms with van der Waals surface area (Å²) in [5.41, 5.74) is -1.42. The summed E-state index contributed by atoms with van der Waals surface area (Å²) in [5.74, 6) is -0.139. The third kappa shape index (κ3) is 10.1. The average Bonchev–Trinajstić information content (AvgIpc) is 2.41. The topological polar surface area (TPSA) is 77.1 Å². The van der Waals surface area contributed by atoms with Crippen LogP contribution in [0.4, 0.5) is 4.79 Å². The molecule has 7 nitrogen and oxygen atoms in total. The first kappa shape index (κ1) is 25.9. The minimum Gasteiger partial charge on any atom is -0.444 e. The summed E-state index contributed by atoms with van der Waals surface area (Å²) in [4.78, 5) is 25.5. The highest BCUT2D eigenvalue weighted by Crippen LogP contribution is 2.37. The van der Waals surface area contributed by atoms with Crippen molar-refractivity contribution < 1.29 is 23.5 Å². The van der Waals surface area contributed by atoms with Crippen LogP contribution in [0.2, 0.25) is 18.1 Å². The summed E-state index contributed by atoms with van der Waals surface area (Å²) in [6.07, 6.45) is -0.536. The van der Waals surface area contributed by atoms with Gasteiger partial charge in [-0.05, 0) is 45.8 Å². The fourth-order valence-electron chi connectivity index (χ4n) is 1.71. The van der Waals surface area contributed by atoms with Crippen LogP contribution in [0, 0.1) is 0 Å². The number of amides is 2. The van der Waals surface area contributed by atoms with Crippen molar-refractivity contribution in [2.24, 2.45) is 0 Å². The van der Waals surface area contributed by atoms with E-state index in [-0.39, 0.29) is 30.8 Å². The highest BCUT2D eigenvalue weighted by atomic mass is 28.4. The van der Waals surface area contributed by atoms with Crippen molar-refractivity contribution in [2.45, 2.75) is 77.7 Å². The smallest absolute Gasteiger partial charge is 0.408 e. The molecule has 27 heavy (non-hydrogen) atoms. The molecule has 1 N–H and O–H groups in total. The highest BCUT2D eigenvalue weighted by Gasteiger charge is 2.40. The Labute approximate surface area is 166 Å². The molecule has 0 heterocycles. The quantitative estimate of drug-likeness (QED) is 0.628. The molecule has 0 saturated heterocycles. The second-order valence-electron chi connectivity index (χ2n) is 10.0. The largest absolute Gasteiger partial charge is 0.444 e. The van der Waals surface area contributed by atoms with E-state index in [0.29, 0.717) is 0 Å². The van der Waals surface area contributed by atoms with Crippen LogP contribution in [-0.4, -0.2) is 70.3 Å². The van der Waals surface area contributed by atoms with Crippen molar-refractivity contribution in [3.8, 4) is 0 Å². The number of alkyl carbamates (subject to hydrolysis) is 1. The van der Waals surface area contributed by atoms with Gasteiger partial charge in [0, 0.05) is 14.1 Å². The first-order valence-electron chi connectivity index (χ1n) is 9.32. The standard InChI is InChI=1S/C19H40N2O5Si/c1-17(2,3)26-16(23)20-19(7,13-24-12-15(22)21(8)9)14-25-27(10,11)18(4,5)6/h12-14H2,1-11H3,(H,20,23). The Morgan fingerprint density at radius 3 is 1.89 bits per heavy atom. The van der Waals surface area contributed by atoms with Crippen LogP contribution in [0.1, 0.15) is 48.5 Å². The normalized spacial score (nSPS) is 15.1. The first-order chi connectivity index (χ1) is 11.9. The number of nitrogens with zero attached hydrogens (tertiary/aromatic N) is 1. The zero-order valence-corrected chi connectivity index (χ0v) is 20.1. The number of hydrogen-bond donors (Lipinski definition) is 1. The van der Waals surface area contributed by atoms with Gasteiger partial charge in [-0.15, -0.1) is 0 Å². The van der Waals surface area contributed by atoms with Crippen molar-refractivity contribution >= 4 is 20.3 Å². The summed E-state index contributed by atoms with van der Waals surface area (Å²) < 4.78 is 17.2. The van der Waals surface area contributed by atoms with Gasteiger partial charge in [0.15, 0.2) is 8.32 Å². The molecule has 0 aliphatic rings. The lowest BCUT2D eigenvalue weighted by Gasteiger charge is -2.40. The molecule has 0 fully saturated rings. The molecule has 160 valence electrons. The van der Waals surface area contributed by atoms with E-state index in [0.717, 1.165) is 0 Å². The Balaban J connectivity index is 5.13. The zero-order chi connectivity index (χ0) is 21.7. The van der Waals surface area contributed by atoms with Gasteiger partial charge >= 0.3 is 6.09 Å². The van der Waals surface area contributed by atoms with Gasteiger partial charge in [-0.25, -0.2) is 4.79 Å². The van der Waals surface area contributed by atoms with Gasteiger partial charge in [0.05, 0.1) is 18.8 Å². The van der Waals surface area contributed by atoms with E-state index in [1.807, 2.05) is 27.7 Å². The molecule has 2 amide bonds. The molecule has 0 aromatic carbocycles. The summed E-state index contributed by atoms with van der Waals surface area (Å²) in [6, 6.07) is 0. The number of likely N-dealkylation sites (N-methyl/N-ethyl adjacent to an activating group) is 1. The van der Waals surface area contributed by atoms with Gasteiger partial charge < -0.3 is 24.1 Å². The molecule has 0 saturated carbocycles. The van der Waals surface area contributed by atoms with Crippen LogP contribution in [0.25, 0.3) is 0 Å².